The number of nitrogens with one attached hydrogen (secondary N) is 1. The summed E-state index contributed by atoms with van der Waals surface area (Å²) in [6.45, 7) is 5.91. The highest BCUT2D eigenvalue weighted by Crippen LogP contribution is 2.26. The van der Waals surface area contributed by atoms with Crippen LogP contribution in [0.2, 0.25) is 0 Å². The number of rotatable bonds is 3. The first-order chi connectivity index (χ1) is 5.95. The average molecular weight is 184 g/mol. The van der Waals surface area contributed by atoms with E-state index in [1.165, 1.54) is 0 Å². The van der Waals surface area contributed by atoms with Crippen LogP contribution in [0.15, 0.2) is 0 Å². The van der Waals surface area contributed by atoms with E-state index in [-0.39, 0.29) is 5.91 Å². The van der Waals surface area contributed by atoms with Crippen molar-refractivity contribution >= 4 is 5.91 Å². The van der Waals surface area contributed by atoms with Gasteiger partial charge in [0.15, 0.2) is 0 Å². The van der Waals surface area contributed by atoms with Gasteiger partial charge in [0, 0.05) is 6.04 Å². The van der Waals surface area contributed by atoms with Crippen LogP contribution in [0.25, 0.3) is 0 Å². The van der Waals surface area contributed by atoms with Gasteiger partial charge in [0.05, 0.1) is 5.54 Å². The highest BCUT2D eigenvalue weighted by atomic mass is 16.2. The van der Waals surface area contributed by atoms with E-state index >= 15 is 0 Å². The van der Waals surface area contributed by atoms with E-state index in [9.17, 15) is 4.79 Å². The second-order valence-electron chi connectivity index (χ2n) is 4.52. The van der Waals surface area contributed by atoms with E-state index in [2.05, 4.69) is 12.2 Å². The molecule has 0 spiro atoms. The molecule has 76 valence electrons. The minimum atomic E-state index is -0.696. The van der Waals surface area contributed by atoms with Crippen molar-refractivity contribution in [2.24, 2.45) is 11.7 Å². The second-order valence-corrected chi connectivity index (χ2v) is 4.52. The molecule has 0 radical (unpaired) electrons. The SMILES string of the molecule is CCC(C)(N)C(=O)NC1CC(C)C1. The standard InChI is InChI=1S/C10H20N2O/c1-4-10(3,11)9(13)12-8-5-7(2)6-8/h7-8H,4-6,11H2,1-3H3,(H,12,13). The van der Waals surface area contributed by atoms with E-state index in [4.69, 9.17) is 5.73 Å². The van der Waals surface area contributed by atoms with Crippen molar-refractivity contribution < 1.29 is 4.79 Å². The molecular formula is C10H20N2O. The summed E-state index contributed by atoms with van der Waals surface area (Å²) < 4.78 is 0. The number of carbonyl (C=O) groups is 1. The van der Waals surface area contributed by atoms with Gasteiger partial charge in [-0.3, -0.25) is 4.79 Å². The third kappa shape index (κ3) is 2.44. The number of nitrogens with two attached hydrogens (primary N) is 1. The zero-order valence-corrected chi connectivity index (χ0v) is 8.76. The summed E-state index contributed by atoms with van der Waals surface area (Å²) in [5.74, 6) is 0.753. The summed E-state index contributed by atoms with van der Waals surface area (Å²) in [5, 5.41) is 2.97. The van der Waals surface area contributed by atoms with Crippen LogP contribution in [0.5, 0.6) is 0 Å². The average Bonchev–Trinajstić information content (AvgIpc) is 2.01. The third-order valence-corrected chi connectivity index (χ3v) is 2.96. The topological polar surface area (TPSA) is 55.1 Å². The summed E-state index contributed by atoms with van der Waals surface area (Å²) >= 11 is 0. The van der Waals surface area contributed by atoms with Gasteiger partial charge in [-0.05, 0) is 32.1 Å². The fourth-order valence-corrected chi connectivity index (χ4v) is 1.53. The lowest BCUT2D eigenvalue weighted by molar-refractivity contribution is -0.127. The number of carbonyl (C=O) groups excluding carboxylic acids is 1. The maximum absolute atomic E-state index is 11.6. The van der Waals surface area contributed by atoms with Crippen LogP contribution in [0.4, 0.5) is 0 Å². The van der Waals surface area contributed by atoms with E-state index < -0.39 is 5.54 Å². The van der Waals surface area contributed by atoms with Gasteiger partial charge in [0.25, 0.3) is 0 Å². The van der Waals surface area contributed by atoms with Gasteiger partial charge in [-0.15, -0.1) is 0 Å². The summed E-state index contributed by atoms with van der Waals surface area (Å²) in [5.41, 5.74) is 5.11. The van der Waals surface area contributed by atoms with Crippen LogP contribution in [0.1, 0.15) is 40.0 Å². The van der Waals surface area contributed by atoms with Crippen molar-refractivity contribution in [3.63, 3.8) is 0 Å². The molecule has 13 heavy (non-hydrogen) atoms. The highest BCUT2D eigenvalue weighted by Gasteiger charge is 2.32. The zero-order chi connectivity index (χ0) is 10.1. The molecule has 3 N–H and O–H groups in total. The largest absolute Gasteiger partial charge is 0.352 e. The van der Waals surface area contributed by atoms with Crippen LogP contribution in [-0.4, -0.2) is 17.5 Å². The van der Waals surface area contributed by atoms with Gasteiger partial charge in [0.1, 0.15) is 0 Å². The molecule has 0 bridgehead atoms. The molecule has 1 amide bonds. The third-order valence-electron chi connectivity index (χ3n) is 2.96. The first-order valence-electron chi connectivity index (χ1n) is 5.05. The Morgan fingerprint density at radius 2 is 2.15 bits per heavy atom. The lowest BCUT2D eigenvalue weighted by atomic mass is 9.81. The highest BCUT2D eigenvalue weighted by molar-refractivity contribution is 5.85. The molecule has 3 heteroatoms. The Morgan fingerprint density at radius 1 is 1.62 bits per heavy atom. The molecule has 1 atom stereocenters. The monoisotopic (exact) mass is 184 g/mol. The number of hydrogen-bond acceptors (Lipinski definition) is 2. The van der Waals surface area contributed by atoms with E-state index in [1.54, 1.807) is 6.92 Å². The first kappa shape index (κ1) is 10.5. The Labute approximate surface area is 80.1 Å². The Bertz CT molecular complexity index is 195. The predicted molar refractivity (Wildman–Crippen MR) is 53.2 cm³/mol. The lowest BCUT2D eigenvalue weighted by Gasteiger charge is -2.35. The molecule has 1 unspecified atom stereocenters. The minimum Gasteiger partial charge on any atom is -0.352 e. The van der Waals surface area contributed by atoms with Crippen molar-refractivity contribution in [3.05, 3.63) is 0 Å². The number of hydrogen-bond donors (Lipinski definition) is 2. The second kappa shape index (κ2) is 3.66. The molecule has 1 aliphatic rings. The van der Waals surface area contributed by atoms with Crippen LogP contribution >= 0.6 is 0 Å². The van der Waals surface area contributed by atoms with E-state index in [1.807, 2.05) is 6.92 Å². The molecule has 0 aliphatic heterocycles. The zero-order valence-electron chi connectivity index (χ0n) is 8.76. The van der Waals surface area contributed by atoms with E-state index in [0.29, 0.717) is 12.5 Å². The van der Waals surface area contributed by atoms with Crippen molar-refractivity contribution in [3.8, 4) is 0 Å². The molecular weight excluding hydrogens is 164 g/mol. The molecule has 3 nitrogen and oxygen atoms in total. The van der Waals surface area contributed by atoms with Crippen molar-refractivity contribution in [2.75, 3.05) is 0 Å². The lowest BCUT2D eigenvalue weighted by Crippen LogP contribution is -2.56. The molecule has 0 aromatic carbocycles. The predicted octanol–water partition coefficient (Wildman–Crippen LogP) is 1.03. The van der Waals surface area contributed by atoms with Gasteiger partial charge in [0.2, 0.25) is 5.91 Å². The maximum atomic E-state index is 11.6. The fourth-order valence-electron chi connectivity index (χ4n) is 1.53. The summed E-state index contributed by atoms with van der Waals surface area (Å²) in [6, 6.07) is 0.372. The minimum absolute atomic E-state index is 0.00750. The molecule has 1 aliphatic carbocycles. The summed E-state index contributed by atoms with van der Waals surface area (Å²) in [4.78, 5) is 11.6. The molecule has 1 saturated carbocycles. The maximum Gasteiger partial charge on any atom is 0.239 e. The Kier molecular flexibility index (Phi) is 2.96. The van der Waals surface area contributed by atoms with Gasteiger partial charge in [-0.25, -0.2) is 0 Å². The van der Waals surface area contributed by atoms with Crippen molar-refractivity contribution in [2.45, 2.75) is 51.6 Å². The summed E-state index contributed by atoms with van der Waals surface area (Å²) in [6.07, 6.45) is 2.89. The molecule has 0 aromatic heterocycles. The Morgan fingerprint density at radius 3 is 2.54 bits per heavy atom. The van der Waals surface area contributed by atoms with Gasteiger partial charge < -0.3 is 11.1 Å². The van der Waals surface area contributed by atoms with Crippen LogP contribution in [-0.2, 0) is 4.79 Å². The van der Waals surface area contributed by atoms with Crippen molar-refractivity contribution in [1.82, 2.24) is 5.32 Å². The molecule has 0 saturated heterocycles. The smallest absolute Gasteiger partial charge is 0.239 e. The summed E-state index contributed by atoms with van der Waals surface area (Å²) in [7, 11) is 0. The Balaban J connectivity index is 2.33. The van der Waals surface area contributed by atoms with Gasteiger partial charge >= 0.3 is 0 Å². The number of amides is 1. The van der Waals surface area contributed by atoms with Crippen LogP contribution in [0, 0.1) is 5.92 Å². The normalized spacial score (nSPS) is 31.7. The molecule has 1 fully saturated rings. The van der Waals surface area contributed by atoms with Gasteiger partial charge in [-0.1, -0.05) is 13.8 Å². The first-order valence-corrected chi connectivity index (χ1v) is 5.05. The quantitative estimate of drug-likeness (QED) is 0.688. The van der Waals surface area contributed by atoms with Crippen molar-refractivity contribution in [1.29, 1.82) is 0 Å². The Hall–Kier alpha value is -0.570. The molecule has 1 rings (SSSR count). The van der Waals surface area contributed by atoms with Crippen LogP contribution in [0.3, 0.4) is 0 Å². The molecule has 0 aromatic rings. The van der Waals surface area contributed by atoms with Gasteiger partial charge in [-0.2, -0.15) is 0 Å². The fraction of sp³-hybridized carbons (Fsp3) is 0.900. The van der Waals surface area contributed by atoms with E-state index in [0.717, 1.165) is 18.8 Å². The van der Waals surface area contributed by atoms with Crippen LogP contribution < -0.4 is 11.1 Å². The molecule has 0 heterocycles.